The van der Waals surface area contributed by atoms with Crippen LogP contribution in [0.4, 0.5) is 4.39 Å². The van der Waals surface area contributed by atoms with Crippen LogP contribution in [-0.2, 0) is 0 Å². The molecule has 0 amide bonds. The van der Waals surface area contributed by atoms with Gasteiger partial charge in [-0.2, -0.15) is 5.26 Å². The van der Waals surface area contributed by atoms with E-state index in [1.165, 1.54) is 6.07 Å². The van der Waals surface area contributed by atoms with Crippen LogP contribution in [0.5, 0.6) is 5.75 Å². The molecule has 0 fully saturated rings. The molecule has 1 rings (SSSR count). The predicted octanol–water partition coefficient (Wildman–Crippen LogP) is 3.91. The van der Waals surface area contributed by atoms with Crippen LogP contribution in [0.1, 0.15) is 20.3 Å². The molecule has 0 aromatic heterocycles. The van der Waals surface area contributed by atoms with Gasteiger partial charge in [-0.05, 0) is 48.3 Å². The average molecular weight is 286 g/mol. The van der Waals surface area contributed by atoms with Crippen molar-refractivity contribution in [2.45, 2.75) is 20.3 Å². The van der Waals surface area contributed by atoms with Crippen molar-refractivity contribution >= 4 is 15.9 Å². The van der Waals surface area contributed by atoms with E-state index in [2.05, 4.69) is 22.0 Å². The molecule has 0 bridgehead atoms. The Labute approximate surface area is 103 Å². The van der Waals surface area contributed by atoms with Crippen LogP contribution in [0.15, 0.2) is 22.7 Å². The van der Waals surface area contributed by atoms with Crippen LogP contribution in [0.3, 0.4) is 0 Å². The number of benzene rings is 1. The Morgan fingerprint density at radius 1 is 1.50 bits per heavy atom. The number of nitriles is 1. The monoisotopic (exact) mass is 285 g/mol. The van der Waals surface area contributed by atoms with Gasteiger partial charge in [0.25, 0.3) is 0 Å². The van der Waals surface area contributed by atoms with Gasteiger partial charge in [-0.25, -0.2) is 4.39 Å². The lowest BCUT2D eigenvalue weighted by molar-refractivity contribution is 0.263. The normalized spacial score (nSPS) is 10.9. The summed E-state index contributed by atoms with van der Waals surface area (Å²) in [5, 5.41) is 8.80. The summed E-state index contributed by atoms with van der Waals surface area (Å²) in [4.78, 5) is 0. The van der Waals surface area contributed by atoms with Crippen LogP contribution in [0.2, 0.25) is 0 Å². The zero-order chi connectivity index (χ0) is 12.2. The van der Waals surface area contributed by atoms with Crippen LogP contribution in [0.25, 0.3) is 0 Å². The Kier molecular flexibility index (Phi) is 4.31. The molecule has 16 heavy (non-hydrogen) atoms. The van der Waals surface area contributed by atoms with E-state index in [0.29, 0.717) is 23.2 Å². The van der Waals surface area contributed by atoms with Gasteiger partial charge in [0, 0.05) is 6.07 Å². The van der Waals surface area contributed by atoms with Crippen LogP contribution in [-0.4, -0.2) is 6.61 Å². The van der Waals surface area contributed by atoms with Gasteiger partial charge in [-0.1, -0.05) is 0 Å². The lowest BCUT2D eigenvalue weighted by Gasteiger charge is -2.15. The lowest BCUT2D eigenvalue weighted by atomic mass is 9.92. The fourth-order valence-electron chi connectivity index (χ4n) is 1.05. The Hall–Kier alpha value is -1.08. The van der Waals surface area contributed by atoms with Crippen molar-refractivity contribution in [1.29, 1.82) is 5.26 Å². The SMILES string of the molecule is CC(C)(C#N)CCOc1ccc(Br)c(F)c1. The van der Waals surface area contributed by atoms with E-state index in [0.717, 1.165) is 0 Å². The van der Waals surface area contributed by atoms with Crippen molar-refractivity contribution in [3.63, 3.8) is 0 Å². The quantitative estimate of drug-likeness (QED) is 0.840. The standard InChI is InChI=1S/C12H13BrFNO/c1-12(2,8-15)5-6-16-9-3-4-10(13)11(14)7-9/h3-4,7H,5-6H2,1-2H3. The van der Waals surface area contributed by atoms with Crippen molar-refractivity contribution in [3.05, 3.63) is 28.5 Å². The maximum absolute atomic E-state index is 13.1. The number of ether oxygens (including phenoxy) is 1. The van der Waals surface area contributed by atoms with Crippen molar-refractivity contribution in [2.24, 2.45) is 5.41 Å². The first-order valence-corrected chi connectivity index (χ1v) is 5.73. The van der Waals surface area contributed by atoms with E-state index in [4.69, 9.17) is 10.00 Å². The molecule has 0 spiro atoms. The second-order valence-corrected chi connectivity index (χ2v) is 5.02. The number of nitrogens with zero attached hydrogens (tertiary/aromatic N) is 1. The second kappa shape index (κ2) is 5.31. The molecule has 0 aliphatic carbocycles. The summed E-state index contributed by atoms with van der Waals surface area (Å²) in [5.74, 6) is 0.131. The highest BCUT2D eigenvalue weighted by atomic mass is 79.9. The summed E-state index contributed by atoms with van der Waals surface area (Å²) in [7, 11) is 0. The summed E-state index contributed by atoms with van der Waals surface area (Å²) in [5.41, 5.74) is -0.409. The molecule has 1 aromatic rings. The van der Waals surface area contributed by atoms with E-state index in [9.17, 15) is 4.39 Å². The molecule has 0 aliphatic rings. The average Bonchev–Trinajstić information content (AvgIpc) is 2.23. The second-order valence-electron chi connectivity index (χ2n) is 4.17. The molecular weight excluding hydrogens is 273 g/mol. The third-order valence-electron chi connectivity index (χ3n) is 2.19. The van der Waals surface area contributed by atoms with E-state index in [-0.39, 0.29) is 5.82 Å². The van der Waals surface area contributed by atoms with Crippen LogP contribution in [0, 0.1) is 22.6 Å². The minimum Gasteiger partial charge on any atom is -0.493 e. The van der Waals surface area contributed by atoms with E-state index >= 15 is 0 Å². The molecule has 0 heterocycles. The molecule has 0 radical (unpaired) electrons. The Balaban J connectivity index is 2.50. The van der Waals surface area contributed by atoms with Crippen molar-refractivity contribution in [1.82, 2.24) is 0 Å². The molecule has 1 aromatic carbocycles. The lowest BCUT2D eigenvalue weighted by Crippen LogP contribution is -2.13. The Morgan fingerprint density at radius 3 is 2.75 bits per heavy atom. The summed E-state index contributed by atoms with van der Waals surface area (Å²) in [6, 6.07) is 6.79. The van der Waals surface area contributed by atoms with Gasteiger partial charge in [0.05, 0.1) is 22.6 Å². The molecule has 0 atom stereocenters. The summed E-state index contributed by atoms with van der Waals surface area (Å²) >= 11 is 3.07. The smallest absolute Gasteiger partial charge is 0.141 e. The van der Waals surface area contributed by atoms with Gasteiger partial charge in [0.2, 0.25) is 0 Å². The number of rotatable bonds is 4. The molecule has 4 heteroatoms. The van der Waals surface area contributed by atoms with Gasteiger partial charge < -0.3 is 4.74 Å². The van der Waals surface area contributed by atoms with Gasteiger partial charge in [0.1, 0.15) is 11.6 Å². The first-order chi connectivity index (χ1) is 7.44. The minimum atomic E-state index is -0.409. The highest BCUT2D eigenvalue weighted by Crippen LogP contribution is 2.23. The maximum atomic E-state index is 13.1. The van der Waals surface area contributed by atoms with E-state index in [1.807, 2.05) is 13.8 Å². The molecule has 0 N–H and O–H groups in total. The number of halogens is 2. The van der Waals surface area contributed by atoms with Crippen molar-refractivity contribution < 1.29 is 9.13 Å². The maximum Gasteiger partial charge on any atom is 0.141 e. The minimum absolute atomic E-state index is 0.350. The molecule has 0 unspecified atom stereocenters. The zero-order valence-corrected chi connectivity index (χ0v) is 10.8. The fraction of sp³-hybridized carbons (Fsp3) is 0.417. The highest BCUT2D eigenvalue weighted by Gasteiger charge is 2.16. The van der Waals surface area contributed by atoms with Crippen LogP contribution < -0.4 is 4.74 Å². The van der Waals surface area contributed by atoms with Gasteiger partial charge in [0.15, 0.2) is 0 Å². The van der Waals surface area contributed by atoms with Crippen molar-refractivity contribution in [2.75, 3.05) is 6.61 Å². The third-order valence-corrected chi connectivity index (χ3v) is 2.83. The molecular formula is C12H13BrFNO. The summed E-state index contributed by atoms with van der Waals surface area (Å²) in [6.45, 7) is 4.10. The van der Waals surface area contributed by atoms with Gasteiger partial charge >= 0.3 is 0 Å². The Bertz CT molecular complexity index is 412. The van der Waals surface area contributed by atoms with Gasteiger partial charge in [-0.3, -0.25) is 0 Å². The molecule has 2 nitrogen and oxygen atoms in total. The van der Waals surface area contributed by atoms with Crippen molar-refractivity contribution in [3.8, 4) is 11.8 Å². The fourth-order valence-corrected chi connectivity index (χ4v) is 1.29. The van der Waals surface area contributed by atoms with E-state index in [1.54, 1.807) is 12.1 Å². The highest BCUT2D eigenvalue weighted by molar-refractivity contribution is 9.10. The van der Waals surface area contributed by atoms with Crippen LogP contribution >= 0.6 is 15.9 Å². The summed E-state index contributed by atoms with van der Waals surface area (Å²) < 4.78 is 18.9. The predicted molar refractivity (Wildman–Crippen MR) is 63.6 cm³/mol. The number of hydrogen-bond donors (Lipinski definition) is 0. The topological polar surface area (TPSA) is 33.0 Å². The first kappa shape index (κ1) is 13.0. The van der Waals surface area contributed by atoms with Gasteiger partial charge in [-0.15, -0.1) is 0 Å². The third kappa shape index (κ3) is 3.82. The molecule has 0 aliphatic heterocycles. The molecule has 0 saturated heterocycles. The first-order valence-electron chi connectivity index (χ1n) is 4.94. The molecule has 0 saturated carbocycles. The molecule has 86 valence electrons. The van der Waals surface area contributed by atoms with E-state index < -0.39 is 5.41 Å². The summed E-state index contributed by atoms with van der Waals surface area (Å²) in [6.07, 6.45) is 0.612. The number of hydrogen-bond acceptors (Lipinski definition) is 2. The largest absolute Gasteiger partial charge is 0.493 e. The Morgan fingerprint density at radius 2 is 2.19 bits per heavy atom. The zero-order valence-electron chi connectivity index (χ0n) is 9.26.